The predicted octanol–water partition coefficient (Wildman–Crippen LogP) is 3.86. The van der Waals surface area contributed by atoms with E-state index in [9.17, 15) is 9.59 Å². The number of nitrogens with zero attached hydrogens (tertiary/aromatic N) is 2. The average molecular weight is 355 g/mol. The lowest BCUT2D eigenvalue weighted by molar-refractivity contribution is -0.138. The van der Waals surface area contributed by atoms with Gasteiger partial charge in [0.05, 0.1) is 23.4 Å². The summed E-state index contributed by atoms with van der Waals surface area (Å²) in [5.74, 6) is -0.836. The molecule has 0 spiro atoms. The average Bonchev–Trinajstić information content (AvgIpc) is 3.34. The van der Waals surface area contributed by atoms with Crippen molar-refractivity contribution in [2.45, 2.75) is 52.0 Å². The number of benzene rings is 1. The molecule has 1 unspecified atom stereocenters. The van der Waals surface area contributed by atoms with E-state index in [4.69, 9.17) is 5.11 Å². The summed E-state index contributed by atoms with van der Waals surface area (Å²) in [7, 11) is 0. The summed E-state index contributed by atoms with van der Waals surface area (Å²) in [5, 5.41) is 16.5. The fourth-order valence-electron chi connectivity index (χ4n) is 3.08. The molecule has 1 heterocycles. The zero-order valence-corrected chi connectivity index (χ0v) is 15.4. The van der Waals surface area contributed by atoms with Crippen LogP contribution >= 0.6 is 0 Å². The van der Waals surface area contributed by atoms with Crippen LogP contribution in [0.1, 0.15) is 67.1 Å². The highest BCUT2D eigenvalue weighted by Gasteiger charge is 2.32. The first-order chi connectivity index (χ1) is 12.4. The van der Waals surface area contributed by atoms with E-state index >= 15 is 0 Å². The molecule has 1 aliphatic carbocycles. The van der Waals surface area contributed by atoms with Gasteiger partial charge in [0.1, 0.15) is 0 Å². The number of carboxylic acid groups (broad SMARTS) is 1. The summed E-state index contributed by atoms with van der Waals surface area (Å²) in [4.78, 5) is 24.0. The third-order valence-electron chi connectivity index (χ3n) is 4.64. The van der Waals surface area contributed by atoms with Crippen LogP contribution in [0.5, 0.6) is 0 Å². The van der Waals surface area contributed by atoms with Crippen LogP contribution in [0.4, 0.5) is 5.69 Å². The van der Waals surface area contributed by atoms with Crippen LogP contribution in [0.15, 0.2) is 30.5 Å². The standard InChI is InChI=1S/C20H25N3O3/c1-12(2)11-23-18(14-7-8-14)17(10-21-23)19(24)22-16-6-4-5-15(9-16)13(3)20(25)26/h4-6,9-10,12-14H,7-8,11H2,1-3H3,(H,22,24)(H,25,26). The molecule has 1 aromatic heterocycles. The van der Waals surface area contributed by atoms with Crippen LogP contribution in [0.2, 0.25) is 0 Å². The van der Waals surface area contributed by atoms with E-state index in [1.807, 2.05) is 4.68 Å². The van der Waals surface area contributed by atoms with E-state index in [0.29, 0.717) is 28.7 Å². The third-order valence-corrected chi connectivity index (χ3v) is 4.64. The molecule has 0 aliphatic heterocycles. The monoisotopic (exact) mass is 355 g/mol. The van der Waals surface area contributed by atoms with Gasteiger partial charge in [-0.1, -0.05) is 26.0 Å². The fraction of sp³-hybridized carbons (Fsp3) is 0.450. The maximum absolute atomic E-state index is 12.8. The number of aliphatic carboxylic acids is 1. The second-order valence-electron chi connectivity index (χ2n) is 7.43. The van der Waals surface area contributed by atoms with Gasteiger partial charge in [0.25, 0.3) is 5.91 Å². The molecule has 0 bridgehead atoms. The van der Waals surface area contributed by atoms with Crippen molar-refractivity contribution >= 4 is 17.6 Å². The molecule has 1 saturated carbocycles. The largest absolute Gasteiger partial charge is 0.481 e. The number of amides is 1. The topological polar surface area (TPSA) is 84.2 Å². The van der Waals surface area contributed by atoms with Gasteiger partial charge in [0, 0.05) is 18.2 Å². The minimum absolute atomic E-state index is 0.193. The Kier molecular flexibility index (Phi) is 5.11. The van der Waals surface area contributed by atoms with Crippen molar-refractivity contribution in [2.24, 2.45) is 5.92 Å². The number of carbonyl (C=O) groups is 2. The van der Waals surface area contributed by atoms with Gasteiger partial charge in [-0.15, -0.1) is 0 Å². The Morgan fingerprint density at radius 3 is 2.65 bits per heavy atom. The minimum atomic E-state index is -0.889. The molecule has 1 aliphatic rings. The first-order valence-electron chi connectivity index (χ1n) is 9.06. The van der Waals surface area contributed by atoms with Crippen LogP contribution in [-0.4, -0.2) is 26.8 Å². The molecule has 6 heteroatoms. The Bertz CT molecular complexity index is 821. The van der Waals surface area contributed by atoms with Crippen molar-refractivity contribution in [2.75, 3.05) is 5.32 Å². The van der Waals surface area contributed by atoms with Gasteiger partial charge >= 0.3 is 5.97 Å². The molecular formula is C20H25N3O3. The van der Waals surface area contributed by atoms with Gasteiger partial charge in [-0.05, 0) is 43.4 Å². The quantitative estimate of drug-likeness (QED) is 0.790. The predicted molar refractivity (Wildman–Crippen MR) is 99.5 cm³/mol. The summed E-state index contributed by atoms with van der Waals surface area (Å²) < 4.78 is 1.96. The molecule has 6 nitrogen and oxygen atoms in total. The fourth-order valence-corrected chi connectivity index (χ4v) is 3.08. The highest BCUT2D eigenvalue weighted by atomic mass is 16.4. The van der Waals surface area contributed by atoms with Crippen LogP contribution in [0.25, 0.3) is 0 Å². The molecule has 0 saturated heterocycles. The summed E-state index contributed by atoms with van der Waals surface area (Å²) in [6.45, 7) is 6.69. The first kappa shape index (κ1) is 18.2. The maximum atomic E-state index is 12.8. The number of hydrogen-bond donors (Lipinski definition) is 2. The molecule has 26 heavy (non-hydrogen) atoms. The third kappa shape index (κ3) is 3.95. The van der Waals surface area contributed by atoms with E-state index in [0.717, 1.165) is 25.1 Å². The second kappa shape index (κ2) is 7.32. The maximum Gasteiger partial charge on any atom is 0.310 e. The van der Waals surface area contributed by atoms with Gasteiger partial charge in [-0.3, -0.25) is 14.3 Å². The molecule has 1 fully saturated rings. The Hall–Kier alpha value is -2.63. The van der Waals surface area contributed by atoms with Crippen molar-refractivity contribution in [1.82, 2.24) is 9.78 Å². The molecule has 1 aromatic carbocycles. The van der Waals surface area contributed by atoms with Crippen LogP contribution < -0.4 is 5.32 Å². The van der Waals surface area contributed by atoms with Crippen LogP contribution in [-0.2, 0) is 11.3 Å². The normalized spacial score (nSPS) is 15.1. The lowest BCUT2D eigenvalue weighted by Gasteiger charge is -2.12. The number of hydrogen-bond acceptors (Lipinski definition) is 3. The zero-order chi connectivity index (χ0) is 18.8. The highest BCUT2D eigenvalue weighted by molar-refractivity contribution is 6.05. The second-order valence-corrected chi connectivity index (χ2v) is 7.43. The molecule has 1 atom stereocenters. The highest BCUT2D eigenvalue weighted by Crippen LogP contribution is 2.42. The van der Waals surface area contributed by atoms with Crippen LogP contribution in [0.3, 0.4) is 0 Å². The molecule has 3 rings (SSSR count). The first-order valence-corrected chi connectivity index (χ1v) is 9.06. The molecule has 0 radical (unpaired) electrons. The molecule has 2 aromatic rings. The summed E-state index contributed by atoms with van der Waals surface area (Å²) in [6, 6.07) is 7.00. The number of aromatic nitrogens is 2. The number of nitrogens with one attached hydrogen (secondary N) is 1. The van der Waals surface area contributed by atoms with Gasteiger partial charge in [0.2, 0.25) is 0 Å². The lowest BCUT2D eigenvalue weighted by atomic mass is 10.0. The van der Waals surface area contributed by atoms with Crippen molar-refractivity contribution in [3.8, 4) is 0 Å². The Morgan fingerprint density at radius 1 is 1.31 bits per heavy atom. The molecule has 2 N–H and O–H groups in total. The van der Waals surface area contributed by atoms with Crippen molar-refractivity contribution < 1.29 is 14.7 Å². The number of carbonyl (C=O) groups excluding carboxylic acids is 1. The van der Waals surface area contributed by atoms with Crippen molar-refractivity contribution in [3.05, 3.63) is 47.3 Å². The Labute approximate surface area is 153 Å². The van der Waals surface area contributed by atoms with E-state index in [2.05, 4.69) is 24.3 Å². The van der Waals surface area contributed by atoms with E-state index in [1.54, 1.807) is 37.4 Å². The smallest absolute Gasteiger partial charge is 0.310 e. The van der Waals surface area contributed by atoms with Crippen molar-refractivity contribution in [3.63, 3.8) is 0 Å². The minimum Gasteiger partial charge on any atom is -0.481 e. The van der Waals surface area contributed by atoms with Gasteiger partial charge in [0.15, 0.2) is 0 Å². The SMILES string of the molecule is CC(C)Cn1ncc(C(=O)Nc2cccc(C(C)C(=O)O)c2)c1C1CC1. The van der Waals surface area contributed by atoms with E-state index in [1.165, 1.54) is 0 Å². The summed E-state index contributed by atoms with van der Waals surface area (Å²) in [5.41, 5.74) is 2.89. The van der Waals surface area contributed by atoms with E-state index in [-0.39, 0.29) is 5.91 Å². The molecular weight excluding hydrogens is 330 g/mol. The number of anilines is 1. The summed E-state index contributed by atoms with van der Waals surface area (Å²) >= 11 is 0. The van der Waals surface area contributed by atoms with E-state index < -0.39 is 11.9 Å². The Balaban J connectivity index is 1.82. The number of rotatable bonds is 7. The molecule has 138 valence electrons. The summed E-state index contributed by atoms with van der Waals surface area (Å²) in [6.07, 6.45) is 3.83. The van der Waals surface area contributed by atoms with Gasteiger partial charge in [-0.25, -0.2) is 0 Å². The van der Waals surface area contributed by atoms with Crippen molar-refractivity contribution in [1.29, 1.82) is 0 Å². The van der Waals surface area contributed by atoms with Gasteiger partial charge in [-0.2, -0.15) is 5.10 Å². The Morgan fingerprint density at radius 2 is 2.04 bits per heavy atom. The zero-order valence-electron chi connectivity index (χ0n) is 15.4. The molecule has 1 amide bonds. The number of carboxylic acids is 1. The lowest BCUT2D eigenvalue weighted by Crippen LogP contribution is -2.16. The van der Waals surface area contributed by atoms with Gasteiger partial charge < -0.3 is 10.4 Å². The van der Waals surface area contributed by atoms with Crippen LogP contribution in [0, 0.1) is 5.92 Å².